The summed E-state index contributed by atoms with van der Waals surface area (Å²) in [5, 5.41) is 0.432. The number of hydrogen-bond acceptors (Lipinski definition) is 8. The fraction of sp³-hybridized carbons (Fsp3) is 0.895. The van der Waals surface area contributed by atoms with Crippen LogP contribution in [-0.2, 0) is 23.8 Å². The van der Waals surface area contributed by atoms with Gasteiger partial charge in [-0.1, -0.05) is 6.42 Å². The predicted octanol–water partition coefficient (Wildman–Crippen LogP) is -0.300. The molecule has 9 nitrogen and oxygen atoms in total. The van der Waals surface area contributed by atoms with E-state index in [0.717, 1.165) is 31.4 Å². The minimum absolute atomic E-state index is 0.0824. The molecule has 0 bridgehead atoms. The second-order valence-corrected chi connectivity index (χ2v) is 8.54. The summed E-state index contributed by atoms with van der Waals surface area (Å²) < 4.78 is 15.8. The number of nitrogens with two attached hydrogens (primary N) is 3. The average Bonchev–Trinajstić information content (AvgIpc) is 3.00. The van der Waals surface area contributed by atoms with Crippen LogP contribution in [0.3, 0.4) is 0 Å². The first-order valence-corrected chi connectivity index (χ1v) is 11.3. The number of hydrogen-bond donors (Lipinski definition) is 3. The van der Waals surface area contributed by atoms with Crippen molar-refractivity contribution < 1.29 is 23.8 Å². The normalized spacial score (nSPS) is 21.4. The molecule has 1 aliphatic heterocycles. The molecule has 0 spiro atoms. The number of thioether (sulfide) groups is 1. The smallest absolute Gasteiger partial charge is 0.243 e. The molecule has 1 heterocycles. The van der Waals surface area contributed by atoms with Gasteiger partial charge in [-0.2, -0.15) is 11.8 Å². The van der Waals surface area contributed by atoms with E-state index in [9.17, 15) is 9.59 Å². The monoisotopic (exact) mass is 434 g/mol. The first-order chi connectivity index (χ1) is 13.9. The number of primary amides is 1. The van der Waals surface area contributed by atoms with Crippen LogP contribution >= 0.6 is 11.8 Å². The van der Waals surface area contributed by atoms with Crippen molar-refractivity contribution in [3.8, 4) is 0 Å². The van der Waals surface area contributed by atoms with Crippen LogP contribution in [0.1, 0.15) is 32.1 Å². The van der Waals surface area contributed by atoms with Crippen molar-refractivity contribution in [1.82, 2.24) is 4.90 Å². The van der Waals surface area contributed by atoms with Crippen LogP contribution < -0.4 is 17.2 Å². The van der Waals surface area contributed by atoms with E-state index < -0.39 is 5.91 Å². The zero-order valence-corrected chi connectivity index (χ0v) is 18.4. The van der Waals surface area contributed by atoms with Gasteiger partial charge in [0.25, 0.3) is 0 Å². The lowest BCUT2D eigenvalue weighted by Gasteiger charge is -2.18. The molecule has 29 heavy (non-hydrogen) atoms. The summed E-state index contributed by atoms with van der Waals surface area (Å²) in [6, 6.07) is 0.188. The molecule has 0 aliphatic carbocycles. The highest BCUT2D eigenvalue weighted by Gasteiger charge is 2.30. The van der Waals surface area contributed by atoms with Crippen LogP contribution in [0, 0.1) is 0 Å². The Morgan fingerprint density at radius 3 is 2.28 bits per heavy atom. The third-order valence-electron chi connectivity index (χ3n) is 4.75. The van der Waals surface area contributed by atoms with Crippen molar-refractivity contribution in [1.29, 1.82) is 0 Å². The van der Waals surface area contributed by atoms with E-state index in [1.807, 2.05) is 18.8 Å². The maximum atomic E-state index is 12.2. The Hall–Kier alpha value is -0.910. The number of unbranched alkanes of at least 4 members (excludes halogenated alkanes) is 1. The van der Waals surface area contributed by atoms with E-state index in [1.54, 1.807) is 4.90 Å². The lowest BCUT2D eigenvalue weighted by atomic mass is 10.0. The lowest BCUT2D eigenvalue weighted by molar-refractivity contribution is -0.130. The summed E-state index contributed by atoms with van der Waals surface area (Å²) in [7, 11) is 1.83. The molecule has 1 aliphatic rings. The van der Waals surface area contributed by atoms with Crippen molar-refractivity contribution in [2.45, 2.75) is 49.4 Å². The minimum Gasteiger partial charge on any atom is -0.379 e. The van der Waals surface area contributed by atoms with Gasteiger partial charge in [0.1, 0.15) is 6.61 Å². The second kappa shape index (κ2) is 15.9. The molecule has 0 saturated carbocycles. The molecule has 3 unspecified atom stereocenters. The van der Waals surface area contributed by atoms with E-state index in [4.69, 9.17) is 31.4 Å². The van der Waals surface area contributed by atoms with Gasteiger partial charge in [0.05, 0.1) is 26.4 Å². The molecule has 0 radical (unpaired) electrons. The van der Waals surface area contributed by atoms with E-state index in [-0.39, 0.29) is 24.6 Å². The first-order valence-electron chi connectivity index (χ1n) is 10.3. The summed E-state index contributed by atoms with van der Waals surface area (Å²) in [6.45, 7) is 2.84. The Morgan fingerprint density at radius 2 is 1.66 bits per heavy atom. The third kappa shape index (κ3) is 12.4. The average molecular weight is 435 g/mol. The molecule has 1 rings (SSSR count). The van der Waals surface area contributed by atoms with Gasteiger partial charge in [0.2, 0.25) is 11.8 Å². The summed E-state index contributed by atoms with van der Waals surface area (Å²) in [5.74, 6) is 0.617. The summed E-state index contributed by atoms with van der Waals surface area (Å²) in [4.78, 5) is 24.4. The van der Waals surface area contributed by atoms with Crippen molar-refractivity contribution in [2.24, 2.45) is 17.2 Å². The predicted molar refractivity (Wildman–Crippen MR) is 115 cm³/mol. The molecule has 0 aromatic rings. The summed E-state index contributed by atoms with van der Waals surface area (Å²) in [6.07, 6.45) is 4.29. The number of nitrogens with zero attached hydrogens (tertiary/aromatic N) is 1. The quantitative estimate of drug-likeness (QED) is 0.265. The molecule has 6 N–H and O–H groups in total. The van der Waals surface area contributed by atoms with E-state index in [0.29, 0.717) is 51.2 Å². The van der Waals surface area contributed by atoms with Gasteiger partial charge in [0.15, 0.2) is 0 Å². The summed E-state index contributed by atoms with van der Waals surface area (Å²) in [5.41, 5.74) is 17.0. The molecule has 10 heteroatoms. The Labute approximate surface area is 178 Å². The number of carbonyl (C=O) groups excluding carboxylic acids is 2. The van der Waals surface area contributed by atoms with Gasteiger partial charge in [-0.3, -0.25) is 9.59 Å². The highest BCUT2D eigenvalue weighted by Crippen LogP contribution is 2.29. The molecular formula is C19H38N4O5S. The van der Waals surface area contributed by atoms with Crippen molar-refractivity contribution in [3.05, 3.63) is 0 Å². The van der Waals surface area contributed by atoms with Crippen LogP contribution in [0.25, 0.3) is 0 Å². The molecular weight excluding hydrogens is 396 g/mol. The molecule has 2 amide bonds. The Balaban J connectivity index is 1.89. The third-order valence-corrected chi connectivity index (χ3v) is 6.31. The van der Waals surface area contributed by atoms with E-state index in [1.165, 1.54) is 0 Å². The zero-order valence-electron chi connectivity index (χ0n) is 17.6. The highest BCUT2D eigenvalue weighted by molar-refractivity contribution is 8.00. The maximum absolute atomic E-state index is 12.2. The number of ether oxygens (including phenoxy) is 3. The van der Waals surface area contributed by atoms with Gasteiger partial charge in [-0.05, 0) is 19.3 Å². The van der Waals surface area contributed by atoms with Gasteiger partial charge in [-0.15, -0.1) is 0 Å². The van der Waals surface area contributed by atoms with E-state index in [2.05, 4.69) is 0 Å². The molecule has 1 fully saturated rings. The Kier molecular flexibility index (Phi) is 14.3. The SMILES string of the molecule is CN(CCCOCCOCCOCC(N)=O)C(=O)CCCCC1SCC(N)C1N. The highest BCUT2D eigenvalue weighted by atomic mass is 32.2. The summed E-state index contributed by atoms with van der Waals surface area (Å²) >= 11 is 1.86. The first kappa shape index (κ1) is 26.1. The van der Waals surface area contributed by atoms with Crippen molar-refractivity contribution in [3.63, 3.8) is 0 Å². The van der Waals surface area contributed by atoms with Crippen LogP contribution in [0.4, 0.5) is 0 Å². The van der Waals surface area contributed by atoms with Gasteiger partial charge in [0, 0.05) is 49.7 Å². The van der Waals surface area contributed by atoms with Crippen LogP contribution in [0.2, 0.25) is 0 Å². The van der Waals surface area contributed by atoms with E-state index >= 15 is 0 Å². The van der Waals surface area contributed by atoms with Gasteiger partial charge < -0.3 is 36.3 Å². The topological polar surface area (TPSA) is 143 Å². The van der Waals surface area contributed by atoms with Crippen LogP contribution in [-0.4, -0.2) is 93.0 Å². The second-order valence-electron chi connectivity index (χ2n) is 7.27. The maximum Gasteiger partial charge on any atom is 0.243 e. The van der Waals surface area contributed by atoms with Crippen LogP contribution in [0.15, 0.2) is 0 Å². The molecule has 0 aromatic heterocycles. The molecule has 0 aromatic carbocycles. The van der Waals surface area contributed by atoms with Gasteiger partial charge >= 0.3 is 0 Å². The Bertz CT molecular complexity index is 472. The number of amides is 2. The molecule has 3 atom stereocenters. The lowest BCUT2D eigenvalue weighted by Crippen LogP contribution is -2.43. The fourth-order valence-corrected chi connectivity index (χ4v) is 4.41. The minimum atomic E-state index is -0.491. The van der Waals surface area contributed by atoms with Crippen LogP contribution in [0.5, 0.6) is 0 Å². The van der Waals surface area contributed by atoms with Gasteiger partial charge in [-0.25, -0.2) is 0 Å². The largest absolute Gasteiger partial charge is 0.379 e. The fourth-order valence-electron chi connectivity index (χ4n) is 2.96. The van der Waals surface area contributed by atoms with Crippen molar-refractivity contribution >= 4 is 23.6 Å². The zero-order chi connectivity index (χ0) is 21.5. The Morgan fingerprint density at radius 1 is 1.00 bits per heavy atom. The number of carbonyl (C=O) groups is 2. The molecule has 1 saturated heterocycles. The van der Waals surface area contributed by atoms with Crippen molar-refractivity contribution in [2.75, 3.05) is 59.0 Å². The molecule has 170 valence electrons. The number of rotatable bonds is 17. The standard InChI is InChI=1S/C19H38N4O5S/c1-23(7-4-8-26-9-10-27-11-12-28-13-17(21)24)18(25)6-3-2-5-16-19(22)15(20)14-29-16/h15-16,19H,2-14,20,22H2,1H3,(H2,21,24).